The molecular formula is C17H26ClN. The first-order valence-electron chi connectivity index (χ1n) is 7.30. The van der Waals surface area contributed by atoms with Gasteiger partial charge < -0.3 is 5.32 Å². The Morgan fingerprint density at radius 2 is 1.95 bits per heavy atom. The summed E-state index contributed by atoms with van der Waals surface area (Å²) in [5, 5.41) is 4.49. The minimum Gasteiger partial charge on any atom is -0.316 e. The Labute approximate surface area is 122 Å². The van der Waals surface area contributed by atoms with Gasteiger partial charge in [0.15, 0.2) is 0 Å². The highest BCUT2D eigenvalue weighted by Gasteiger charge is 2.49. The maximum atomic E-state index is 6.17. The van der Waals surface area contributed by atoms with Crippen molar-refractivity contribution in [1.29, 1.82) is 0 Å². The first-order chi connectivity index (χ1) is 8.83. The summed E-state index contributed by atoms with van der Waals surface area (Å²) in [7, 11) is 0. The first kappa shape index (κ1) is 14.9. The van der Waals surface area contributed by atoms with Crippen molar-refractivity contribution in [3.05, 3.63) is 34.9 Å². The van der Waals surface area contributed by atoms with Crippen molar-refractivity contribution < 1.29 is 0 Å². The lowest BCUT2D eigenvalue weighted by molar-refractivity contribution is 0.0558. The van der Waals surface area contributed by atoms with Crippen molar-refractivity contribution in [3.63, 3.8) is 0 Å². The number of hydrogen-bond donors (Lipinski definition) is 1. The zero-order valence-corrected chi connectivity index (χ0v) is 13.3. The van der Waals surface area contributed by atoms with E-state index < -0.39 is 0 Å². The summed E-state index contributed by atoms with van der Waals surface area (Å²) in [6.45, 7) is 11.4. The molecule has 0 amide bonds. The van der Waals surface area contributed by atoms with Crippen LogP contribution in [0.25, 0.3) is 0 Å². The normalized spacial score (nSPS) is 20.3. The molecule has 19 heavy (non-hydrogen) atoms. The van der Waals surface area contributed by atoms with Crippen molar-refractivity contribution in [1.82, 2.24) is 5.32 Å². The third kappa shape index (κ3) is 3.52. The van der Waals surface area contributed by atoms with Crippen LogP contribution in [-0.4, -0.2) is 13.1 Å². The molecule has 0 saturated heterocycles. The van der Waals surface area contributed by atoms with Crippen LogP contribution in [-0.2, 0) is 5.41 Å². The highest BCUT2D eigenvalue weighted by Crippen LogP contribution is 2.55. The van der Waals surface area contributed by atoms with Crippen LogP contribution >= 0.6 is 11.6 Å². The molecule has 1 N–H and O–H groups in total. The van der Waals surface area contributed by atoms with Gasteiger partial charge in [-0.15, -0.1) is 0 Å². The molecule has 0 aromatic heterocycles. The van der Waals surface area contributed by atoms with Gasteiger partial charge in [-0.25, -0.2) is 0 Å². The number of halogens is 1. The second-order valence-corrected chi connectivity index (χ2v) is 7.77. The van der Waals surface area contributed by atoms with Crippen molar-refractivity contribution in [2.75, 3.05) is 13.1 Å². The standard InChI is InChI=1S/C17H26ClN/c1-13(2)9-19-12-17(10-16(3,4)11-17)14-6-5-7-15(18)8-14/h5-8,13,19H,9-12H2,1-4H3. The van der Waals surface area contributed by atoms with Crippen molar-refractivity contribution in [3.8, 4) is 0 Å². The third-order valence-corrected chi connectivity index (χ3v) is 4.32. The molecule has 0 aliphatic heterocycles. The molecule has 0 spiro atoms. The number of rotatable bonds is 5. The average Bonchev–Trinajstić information content (AvgIpc) is 2.25. The largest absolute Gasteiger partial charge is 0.316 e. The zero-order valence-electron chi connectivity index (χ0n) is 12.6. The summed E-state index contributed by atoms with van der Waals surface area (Å²) in [6.07, 6.45) is 2.48. The maximum Gasteiger partial charge on any atom is 0.0408 e. The molecule has 1 aliphatic rings. The van der Waals surface area contributed by atoms with Crippen molar-refractivity contribution in [2.45, 2.75) is 46.0 Å². The third-order valence-electron chi connectivity index (χ3n) is 4.09. The van der Waals surface area contributed by atoms with E-state index >= 15 is 0 Å². The van der Waals surface area contributed by atoms with Gasteiger partial charge in [0.25, 0.3) is 0 Å². The molecule has 1 saturated carbocycles. The van der Waals surface area contributed by atoms with E-state index in [2.05, 4.69) is 51.2 Å². The summed E-state index contributed by atoms with van der Waals surface area (Å²) >= 11 is 6.17. The van der Waals surface area contributed by atoms with E-state index in [4.69, 9.17) is 11.6 Å². The minimum atomic E-state index is 0.281. The molecule has 2 rings (SSSR count). The van der Waals surface area contributed by atoms with Gasteiger partial charge in [0, 0.05) is 17.0 Å². The highest BCUT2D eigenvalue weighted by atomic mass is 35.5. The van der Waals surface area contributed by atoms with Gasteiger partial charge in [0.1, 0.15) is 0 Å². The van der Waals surface area contributed by atoms with Crippen LogP contribution in [0.1, 0.15) is 46.1 Å². The molecular weight excluding hydrogens is 254 g/mol. The molecule has 0 unspecified atom stereocenters. The Balaban J connectivity index is 2.12. The SMILES string of the molecule is CC(C)CNCC1(c2cccc(Cl)c2)CC(C)(C)C1. The number of nitrogens with one attached hydrogen (secondary N) is 1. The van der Waals surface area contributed by atoms with E-state index in [-0.39, 0.29) is 5.41 Å². The van der Waals surface area contributed by atoms with Gasteiger partial charge in [0.2, 0.25) is 0 Å². The topological polar surface area (TPSA) is 12.0 Å². The summed E-state index contributed by atoms with van der Waals surface area (Å²) < 4.78 is 0. The average molecular weight is 280 g/mol. The molecule has 106 valence electrons. The minimum absolute atomic E-state index is 0.281. The molecule has 1 fully saturated rings. The Morgan fingerprint density at radius 1 is 1.26 bits per heavy atom. The van der Waals surface area contributed by atoms with E-state index in [9.17, 15) is 0 Å². The monoisotopic (exact) mass is 279 g/mol. The summed E-state index contributed by atoms with van der Waals surface area (Å²) in [6, 6.07) is 8.42. The molecule has 0 bridgehead atoms. The second-order valence-electron chi connectivity index (χ2n) is 7.33. The van der Waals surface area contributed by atoms with Crippen LogP contribution in [0, 0.1) is 11.3 Å². The number of hydrogen-bond acceptors (Lipinski definition) is 1. The van der Waals surface area contributed by atoms with Crippen LogP contribution in [0.2, 0.25) is 5.02 Å². The fourth-order valence-corrected chi connectivity index (χ4v) is 3.82. The van der Waals surface area contributed by atoms with Gasteiger partial charge in [-0.05, 0) is 48.4 Å². The summed E-state index contributed by atoms with van der Waals surface area (Å²) in [5.74, 6) is 0.699. The molecule has 1 aliphatic carbocycles. The quantitative estimate of drug-likeness (QED) is 0.828. The van der Waals surface area contributed by atoms with Crippen LogP contribution in [0.15, 0.2) is 24.3 Å². The Morgan fingerprint density at radius 3 is 2.47 bits per heavy atom. The van der Waals surface area contributed by atoms with Crippen LogP contribution in [0.4, 0.5) is 0 Å². The predicted octanol–water partition coefficient (Wildman–Crippen LogP) is 4.64. The zero-order chi connectivity index (χ0) is 14.1. The van der Waals surface area contributed by atoms with Gasteiger partial charge in [-0.3, -0.25) is 0 Å². The van der Waals surface area contributed by atoms with Crippen LogP contribution in [0.3, 0.4) is 0 Å². The van der Waals surface area contributed by atoms with Crippen LogP contribution < -0.4 is 5.32 Å². The van der Waals surface area contributed by atoms with Crippen LogP contribution in [0.5, 0.6) is 0 Å². The second kappa shape index (κ2) is 5.46. The first-order valence-corrected chi connectivity index (χ1v) is 7.68. The fourth-order valence-electron chi connectivity index (χ4n) is 3.63. The van der Waals surface area contributed by atoms with Crippen molar-refractivity contribution >= 4 is 11.6 Å². The van der Waals surface area contributed by atoms with E-state index in [0.29, 0.717) is 11.3 Å². The summed E-state index contributed by atoms with van der Waals surface area (Å²) in [5.41, 5.74) is 2.14. The van der Waals surface area contributed by atoms with E-state index in [1.165, 1.54) is 18.4 Å². The van der Waals surface area contributed by atoms with E-state index in [1.807, 2.05) is 6.07 Å². The molecule has 1 aromatic carbocycles. The Kier molecular flexibility index (Phi) is 4.27. The lowest BCUT2D eigenvalue weighted by Gasteiger charge is -2.54. The smallest absolute Gasteiger partial charge is 0.0408 e. The molecule has 2 heteroatoms. The molecule has 0 atom stereocenters. The lowest BCUT2D eigenvalue weighted by atomic mass is 9.52. The predicted molar refractivity (Wildman–Crippen MR) is 83.9 cm³/mol. The fraction of sp³-hybridized carbons (Fsp3) is 0.647. The van der Waals surface area contributed by atoms with Gasteiger partial charge in [-0.1, -0.05) is 51.4 Å². The van der Waals surface area contributed by atoms with Gasteiger partial charge in [0.05, 0.1) is 0 Å². The Bertz CT molecular complexity index is 429. The summed E-state index contributed by atoms with van der Waals surface area (Å²) in [4.78, 5) is 0. The molecule has 1 nitrogen and oxygen atoms in total. The van der Waals surface area contributed by atoms with Crippen molar-refractivity contribution in [2.24, 2.45) is 11.3 Å². The Hall–Kier alpha value is -0.530. The van der Waals surface area contributed by atoms with E-state index in [0.717, 1.165) is 18.1 Å². The molecule has 0 radical (unpaired) electrons. The lowest BCUT2D eigenvalue weighted by Crippen LogP contribution is -2.52. The maximum absolute atomic E-state index is 6.17. The van der Waals surface area contributed by atoms with Gasteiger partial charge >= 0.3 is 0 Å². The highest BCUT2D eigenvalue weighted by molar-refractivity contribution is 6.30. The molecule has 0 heterocycles. The molecule has 1 aromatic rings. The van der Waals surface area contributed by atoms with Gasteiger partial charge in [-0.2, -0.15) is 0 Å². The van der Waals surface area contributed by atoms with E-state index in [1.54, 1.807) is 0 Å². The number of benzene rings is 1.